The van der Waals surface area contributed by atoms with Crippen LogP contribution in [-0.2, 0) is 13.1 Å². The van der Waals surface area contributed by atoms with E-state index in [0.29, 0.717) is 12.6 Å². The highest BCUT2D eigenvalue weighted by molar-refractivity contribution is 5.79. The lowest BCUT2D eigenvalue weighted by molar-refractivity contribution is 0.238. The fraction of sp³-hybridized carbons (Fsp3) is 0.520. The van der Waals surface area contributed by atoms with Crippen LogP contribution in [0.1, 0.15) is 24.5 Å². The van der Waals surface area contributed by atoms with Crippen LogP contribution in [0.2, 0.25) is 0 Å². The zero-order valence-electron chi connectivity index (χ0n) is 20.1. The SMILES string of the molecule is CN=C(NCCC(C)N(C)Cc1ccccc1)NCc1ccc(N2CCN(C)CC2)nc1. The molecule has 2 heterocycles. The Bertz CT molecular complexity index is 814. The molecule has 7 heteroatoms. The van der Waals surface area contributed by atoms with Gasteiger partial charge in [-0.1, -0.05) is 36.4 Å². The van der Waals surface area contributed by atoms with Crippen LogP contribution in [0.3, 0.4) is 0 Å². The average molecular weight is 438 g/mol. The number of nitrogens with zero attached hydrogens (tertiary/aromatic N) is 5. The first-order valence-electron chi connectivity index (χ1n) is 11.6. The molecule has 1 aliphatic rings. The van der Waals surface area contributed by atoms with Crippen molar-refractivity contribution in [3.63, 3.8) is 0 Å². The van der Waals surface area contributed by atoms with Gasteiger partial charge in [0.2, 0.25) is 0 Å². The van der Waals surface area contributed by atoms with Crippen LogP contribution in [0.4, 0.5) is 5.82 Å². The zero-order chi connectivity index (χ0) is 22.8. The first-order valence-corrected chi connectivity index (χ1v) is 11.6. The summed E-state index contributed by atoms with van der Waals surface area (Å²) in [6.45, 7) is 9.08. The Morgan fingerprint density at radius 3 is 2.47 bits per heavy atom. The number of piperazine rings is 1. The number of benzene rings is 1. The molecule has 32 heavy (non-hydrogen) atoms. The molecule has 0 bridgehead atoms. The van der Waals surface area contributed by atoms with Gasteiger partial charge in [-0.15, -0.1) is 0 Å². The Hall–Kier alpha value is -2.64. The van der Waals surface area contributed by atoms with Crippen LogP contribution in [0, 0.1) is 0 Å². The highest BCUT2D eigenvalue weighted by atomic mass is 15.3. The lowest BCUT2D eigenvalue weighted by Crippen LogP contribution is -2.44. The summed E-state index contributed by atoms with van der Waals surface area (Å²) in [7, 11) is 6.17. The molecule has 1 aliphatic heterocycles. The average Bonchev–Trinajstić information content (AvgIpc) is 2.82. The van der Waals surface area contributed by atoms with Gasteiger partial charge in [-0.2, -0.15) is 0 Å². The van der Waals surface area contributed by atoms with E-state index >= 15 is 0 Å². The predicted molar refractivity (Wildman–Crippen MR) is 134 cm³/mol. The summed E-state index contributed by atoms with van der Waals surface area (Å²) in [5.41, 5.74) is 2.50. The van der Waals surface area contributed by atoms with Crippen molar-refractivity contribution in [1.82, 2.24) is 25.4 Å². The fourth-order valence-corrected chi connectivity index (χ4v) is 3.80. The first kappa shape index (κ1) is 24.0. The number of rotatable bonds is 9. The molecule has 0 amide bonds. The van der Waals surface area contributed by atoms with Gasteiger partial charge in [-0.3, -0.25) is 9.89 Å². The van der Waals surface area contributed by atoms with Gasteiger partial charge in [-0.25, -0.2) is 4.98 Å². The van der Waals surface area contributed by atoms with Gasteiger partial charge in [0.25, 0.3) is 0 Å². The second-order valence-corrected chi connectivity index (χ2v) is 8.71. The number of hydrogen-bond acceptors (Lipinski definition) is 5. The summed E-state index contributed by atoms with van der Waals surface area (Å²) >= 11 is 0. The van der Waals surface area contributed by atoms with Crippen molar-refractivity contribution in [2.75, 3.05) is 58.8 Å². The summed E-state index contributed by atoms with van der Waals surface area (Å²) in [5, 5.41) is 6.83. The first-order chi connectivity index (χ1) is 15.5. The van der Waals surface area contributed by atoms with Crippen LogP contribution >= 0.6 is 0 Å². The number of hydrogen-bond donors (Lipinski definition) is 2. The molecule has 3 rings (SSSR count). The van der Waals surface area contributed by atoms with E-state index < -0.39 is 0 Å². The standard InChI is InChI=1S/C25H39N7/c1-21(31(4)20-22-8-6-5-7-9-22)12-13-27-25(26-2)29-19-23-10-11-24(28-18-23)32-16-14-30(3)15-17-32/h5-11,18,21H,12-17,19-20H2,1-4H3,(H2,26,27,29). The van der Waals surface area contributed by atoms with Crippen LogP contribution in [0.15, 0.2) is 53.7 Å². The largest absolute Gasteiger partial charge is 0.356 e. The summed E-state index contributed by atoms with van der Waals surface area (Å²) in [6, 6.07) is 15.4. The number of aliphatic imine (C=N–C) groups is 1. The van der Waals surface area contributed by atoms with Crippen molar-refractivity contribution in [3.05, 3.63) is 59.8 Å². The second kappa shape index (κ2) is 12.4. The minimum absolute atomic E-state index is 0.479. The van der Waals surface area contributed by atoms with Gasteiger partial charge in [-0.05, 0) is 44.6 Å². The fourth-order valence-electron chi connectivity index (χ4n) is 3.80. The van der Waals surface area contributed by atoms with Gasteiger partial charge < -0.3 is 20.4 Å². The molecule has 1 aromatic carbocycles. The third-order valence-corrected chi connectivity index (χ3v) is 6.20. The Kier molecular flexibility index (Phi) is 9.31. The van der Waals surface area contributed by atoms with Crippen molar-refractivity contribution in [3.8, 4) is 0 Å². The highest BCUT2D eigenvalue weighted by Gasteiger charge is 2.15. The molecule has 0 spiro atoms. The maximum Gasteiger partial charge on any atom is 0.191 e. The number of anilines is 1. The lowest BCUT2D eigenvalue weighted by atomic mass is 10.1. The van der Waals surface area contributed by atoms with Crippen LogP contribution in [-0.4, -0.2) is 80.7 Å². The molecule has 1 aromatic heterocycles. The van der Waals surface area contributed by atoms with E-state index in [0.717, 1.165) is 63.0 Å². The third kappa shape index (κ3) is 7.50. The molecular weight excluding hydrogens is 398 g/mol. The maximum atomic E-state index is 4.67. The molecule has 174 valence electrons. The molecule has 2 N–H and O–H groups in total. The van der Waals surface area contributed by atoms with Gasteiger partial charge in [0.15, 0.2) is 5.96 Å². The summed E-state index contributed by atoms with van der Waals surface area (Å²) in [5.74, 6) is 1.89. The van der Waals surface area contributed by atoms with E-state index in [1.54, 1.807) is 0 Å². The number of pyridine rings is 1. The molecule has 1 atom stereocenters. The van der Waals surface area contributed by atoms with E-state index in [-0.39, 0.29) is 0 Å². The zero-order valence-corrected chi connectivity index (χ0v) is 20.1. The molecule has 0 saturated carbocycles. The highest BCUT2D eigenvalue weighted by Crippen LogP contribution is 2.13. The van der Waals surface area contributed by atoms with Crippen molar-refractivity contribution in [2.24, 2.45) is 4.99 Å². The molecule has 1 saturated heterocycles. The smallest absolute Gasteiger partial charge is 0.191 e. The number of guanidine groups is 1. The van der Waals surface area contributed by atoms with E-state index in [1.807, 2.05) is 13.2 Å². The van der Waals surface area contributed by atoms with E-state index in [1.165, 1.54) is 5.56 Å². The number of aromatic nitrogens is 1. The Morgan fingerprint density at radius 2 is 1.81 bits per heavy atom. The minimum atomic E-state index is 0.479. The molecule has 7 nitrogen and oxygen atoms in total. The Morgan fingerprint density at radius 1 is 1.06 bits per heavy atom. The van der Waals surface area contributed by atoms with Crippen molar-refractivity contribution in [2.45, 2.75) is 32.5 Å². The van der Waals surface area contributed by atoms with Gasteiger partial charge >= 0.3 is 0 Å². The maximum absolute atomic E-state index is 4.67. The van der Waals surface area contributed by atoms with Gasteiger partial charge in [0.1, 0.15) is 5.82 Å². The van der Waals surface area contributed by atoms with E-state index in [2.05, 4.69) is 98.8 Å². The molecule has 2 aromatic rings. The minimum Gasteiger partial charge on any atom is -0.356 e. The predicted octanol–water partition coefficient (Wildman–Crippen LogP) is 2.41. The molecule has 1 fully saturated rings. The molecule has 0 radical (unpaired) electrons. The third-order valence-electron chi connectivity index (χ3n) is 6.20. The lowest BCUT2D eigenvalue weighted by Gasteiger charge is -2.33. The normalized spacial score (nSPS) is 16.3. The molecule has 0 aliphatic carbocycles. The number of likely N-dealkylation sites (N-methyl/N-ethyl adjacent to an activating group) is 1. The molecular formula is C25H39N7. The van der Waals surface area contributed by atoms with Gasteiger partial charge in [0, 0.05) is 65.1 Å². The Labute approximate surface area is 193 Å². The topological polar surface area (TPSA) is 59.0 Å². The van der Waals surface area contributed by atoms with Crippen LogP contribution in [0.25, 0.3) is 0 Å². The summed E-state index contributed by atoms with van der Waals surface area (Å²) in [4.78, 5) is 16.1. The van der Waals surface area contributed by atoms with Gasteiger partial charge in [0.05, 0.1) is 0 Å². The van der Waals surface area contributed by atoms with E-state index in [4.69, 9.17) is 0 Å². The molecule has 1 unspecified atom stereocenters. The van der Waals surface area contributed by atoms with Crippen molar-refractivity contribution >= 4 is 11.8 Å². The van der Waals surface area contributed by atoms with Crippen molar-refractivity contribution in [1.29, 1.82) is 0 Å². The summed E-state index contributed by atoms with van der Waals surface area (Å²) < 4.78 is 0. The second-order valence-electron chi connectivity index (χ2n) is 8.71. The quantitative estimate of drug-likeness (QED) is 0.464. The van der Waals surface area contributed by atoms with Crippen molar-refractivity contribution < 1.29 is 0 Å². The monoisotopic (exact) mass is 437 g/mol. The Balaban J connectivity index is 1.37. The van der Waals surface area contributed by atoms with Crippen LogP contribution < -0.4 is 15.5 Å². The van der Waals surface area contributed by atoms with Crippen LogP contribution in [0.5, 0.6) is 0 Å². The van der Waals surface area contributed by atoms with E-state index in [9.17, 15) is 0 Å². The summed E-state index contributed by atoms with van der Waals surface area (Å²) in [6.07, 6.45) is 3.01. The number of nitrogens with one attached hydrogen (secondary N) is 2.